The summed E-state index contributed by atoms with van der Waals surface area (Å²) in [5, 5.41) is 13.9. The van der Waals surface area contributed by atoms with E-state index in [1.165, 1.54) is 16.9 Å². The summed E-state index contributed by atoms with van der Waals surface area (Å²) in [6.07, 6.45) is 4.44. The molecule has 4 N–H and O–H groups in total. The van der Waals surface area contributed by atoms with Crippen molar-refractivity contribution >= 4 is 29.1 Å². The number of hydrogen-bond donors (Lipinski definition) is 4. The van der Waals surface area contributed by atoms with Gasteiger partial charge >= 0.3 is 0 Å². The van der Waals surface area contributed by atoms with Gasteiger partial charge < -0.3 is 26.2 Å². The molecule has 7 nitrogen and oxygen atoms in total. The quantitative estimate of drug-likeness (QED) is 0.387. The smallest absolute Gasteiger partial charge is 0.244 e. The van der Waals surface area contributed by atoms with Crippen LogP contribution in [0.5, 0.6) is 0 Å². The zero-order valence-corrected chi connectivity index (χ0v) is 23.3. The predicted octanol–water partition coefficient (Wildman–Crippen LogP) is 3.20. The molecule has 1 fully saturated rings. The SMILES string of the molecule is CC(C)[C@@H](NC(=O)[C@@H](NC(=S)N[C@@H]1CCCC[C@H]1NCc1ccccc1)C(C)(C)C)C(=O)N(C)C. The fourth-order valence-electron chi connectivity index (χ4n) is 4.44. The lowest BCUT2D eigenvalue weighted by molar-refractivity contribution is -0.136. The van der Waals surface area contributed by atoms with Crippen molar-refractivity contribution < 1.29 is 9.59 Å². The van der Waals surface area contributed by atoms with Gasteiger partial charge in [-0.25, -0.2) is 0 Å². The molecule has 2 rings (SSSR count). The summed E-state index contributed by atoms with van der Waals surface area (Å²) >= 11 is 5.68. The number of carbonyl (C=O) groups is 2. The molecule has 1 aliphatic rings. The van der Waals surface area contributed by atoms with Gasteiger partial charge in [0.2, 0.25) is 11.8 Å². The van der Waals surface area contributed by atoms with Crippen molar-refractivity contribution in [3.05, 3.63) is 35.9 Å². The van der Waals surface area contributed by atoms with Crippen molar-refractivity contribution in [2.45, 2.75) is 91.0 Å². The maximum atomic E-state index is 13.3. The van der Waals surface area contributed by atoms with Crippen LogP contribution in [0.2, 0.25) is 0 Å². The molecule has 8 heteroatoms. The van der Waals surface area contributed by atoms with Gasteiger partial charge in [-0.15, -0.1) is 0 Å². The minimum absolute atomic E-state index is 0.0294. The van der Waals surface area contributed by atoms with Crippen LogP contribution < -0.4 is 21.3 Å². The molecular formula is C27H45N5O2S. The summed E-state index contributed by atoms with van der Waals surface area (Å²) in [7, 11) is 3.41. The van der Waals surface area contributed by atoms with Crippen LogP contribution in [-0.2, 0) is 16.1 Å². The lowest BCUT2D eigenvalue weighted by Gasteiger charge is -2.37. The molecule has 1 aliphatic carbocycles. The molecule has 0 radical (unpaired) electrons. The van der Waals surface area contributed by atoms with Gasteiger partial charge in [0.25, 0.3) is 0 Å². The second-order valence-corrected chi connectivity index (χ2v) is 11.7. The summed E-state index contributed by atoms with van der Waals surface area (Å²) in [6, 6.07) is 9.71. The Morgan fingerprint density at radius 2 is 1.63 bits per heavy atom. The Kier molecular flexibility index (Phi) is 11.0. The molecule has 196 valence electrons. The highest BCUT2D eigenvalue weighted by atomic mass is 32.1. The summed E-state index contributed by atoms with van der Waals surface area (Å²) < 4.78 is 0. The third-order valence-corrected chi connectivity index (χ3v) is 6.80. The number of nitrogens with one attached hydrogen (secondary N) is 4. The molecule has 0 aliphatic heterocycles. The molecular weight excluding hydrogens is 458 g/mol. The van der Waals surface area contributed by atoms with Crippen molar-refractivity contribution in [3.63, 3.8) is 0 Å². The lowest BCUT2D eigenvalue weighted by Crippen LogP contribution is -2.61. The van der Waals surface area contributed by atoms with Crippen molar-refractivity contribution in [1.82, 2.24) is 26.2 Å². The van der Waals surface area contributed by atoms with E-state index in [2.05, 4.69) is 45.5 Å². The van der Waals surface area contributed by atoms with E-state index in [0.29, 0.717) is 11.2 Å². The lowest BCUT2D eigenvalue weighted by atomic mass is 9.85. The fourth-order valence-corrected chi connectivity index (χ4v) is 4.71. The Morgan fingerprint density at radius 1 is 1.03 bits per heavy atom. The zero-order chi connectivity index (χ0) is 26.2. The van der Waals surface area contributed by atoms with Crippen LogP contribution in [0.3, 0.4) is 0 Å². The van der Waals surface area contributed by atoms with Gasteiger partial charge in [0.05, 0.1) is 0 Å². The first kappa shape index (κ1) is 29.0. The Morgan fingerprint density at radius 3 is 2.17 bits per heavy atom. The number of hydrogen-bond acceptors (Lipinski definition) is 4. The van der Waals surface area contributed by atoms with Gasteiger partial charge in [0.1, 0.15) is 12.1 Å². The molecule has 1 saturated carbocycles. The van der Waals surface area contributed by atoms with Gasteiger partial charge in [-0.2, -0.15) is 0 Å². The molecule has 0 unspecified atom stereocenters. The first-order valence-corrected chi connectivity index (χ1v) is 13.2. The Labute approximate surface area is 217 Å². The van der Waals surface area contributed by atoms with E-state index in [1.54, 1.807) is 14.1 Å². The minimum atomic E-state index is -0.587. The number of thiocarbonyl (C=S) groups is 1. The summed E-state index contributed by atoms with van der Waals surface area (Å²) in [5.41, 5.74) is 0.852. The first-order chi connectivity index (χ1) is 16.4. The normalized spacial score (nSPS) is 20.0. The van der Waals surface area contributed by atoms with Crippen LogP contribution in [0.4, 0.5) is 0 Å². The molecule has 0 spiro atoms. The Bertz CT molecular complexity index is 838. The minimum Gasteiger partial charge on any atom is -0.358 e. The van der Waals surface area contributed by atoms with Crippen molar-refractivity contribution in [2.75, 3.05) is 14.1 Å². The van der Waals surface area contributed by atoms with Gasteiger partial charge in [-0.1, -0.05) is 77.8 Å². The molecule has 1 aromatic carbocycles. The number of rotatable bonds is 9. The van der Waals surface area contributed by atoms with E-state index in [0.717, 1.165) is 25.8 Å². The third-order valence-electron chi connectivity index (χ3n) is 6.57. The van der Waals surface area contributed by atoms with Crippen LogP contribution in [0, 0.1) is 11.3 Å². The average Bonchev–Trinajstić information content (AvgIpc) is 2.79. The molecule has 0 aromatic heterocycles. The number of amides is 2. The fraction of sp³-hybridized carbons (Fsp3) is 0.667. The standard InChI is InChI=1S/C27H45N5O2S/c1-18(2)22(25(34)32(6)7)30-24(33)23(27(3,4)5)31-26(35)29-21-16-12-11-15-20(21)28-17-19-13-9-8-10-14-19/h8-10,13-14,18,20-23,28H,11-12,15-17H2,1-7H3,(H,30,33)(H2,29,31,35)/t20-,21-,22-,23-/m1/s1. The van der Waals surface area contributed by atoms with Crippen LogP contribution in [0.1, 0.15) is 65.9 Å². The highest BCUT2D eigenvalue weighted by Gasteiger charge is 2.36. The molecule has 0 saturated heterocycles. The van der Waals surface area contributed by atoms with Crippen LogP contribution in [-0.4, -0.2) is 60.1 Å². The summed E-state index contributed by atoms with van der Waals surface area (Å²) in [5.74, 6) is -0.368. The second-order valence-electron chi connectivity index (χ2n) is 11.2. The van der Waals surface area contributed by atoms with E-state index in [-0.39, 0.29) is 23.8 Å². The molecule has 0 heterocycles. The zero-order valence-electron chi connectivity index (χ0n) is 22.5. The average molecular weight is 504 g/mol. The van der Waals surface area contributed by atoms with E-state index in [4.69, 9.17) is 12.2 Å². The van der Waals surface area contributed by atoms with Crippen molar-refractivity contribution in [1.29, 1.82) is 0 Å². The van der Waals surface area contributed by atoms with E-state index < -0.39 is 17.5 Å². The Balaban J connectivity index is 2.03. The topological polar surface area (TPSA) is 85.5 Å². The van der Waals surface area contributed by atoms with Gasteiger partial charge in [0.15, 0.2) is 5.11 Å². The summed E-state index contributed by atoms with van der Waals surface area (Å²) in [6.45, 7) is 10.7. The van der Waals surface area contributed by atoms with Crippen LogP contribution >= 0.6 is 12.2 Å². The number of nitrogens with zero attached hydrogens (tertiary/aromatic N) is 1. The van der Waals surface area contributed by atoms with E-state index in [9.17, 15) is 9.59 Å². The van der Waals surface area contributed by atoms with Crippen LogP contribution in [0.25, 0.3) is 0 Å². The first-order valence-electron chi connectivity index (χ1n) is 12.8. The molecule has 4 atom stereocenters. The van der Waals surface area contributed by atoms with Crippen molar-refractivity contribution in [3.8, 4) is 0 Å². The number of carbonyl (C=O) groups excluding carboxylic acids is 2. The highest BCUT2D eigenvalue weighted by molar-refractivity contribution is 7.80. The Hall–Kier alpha value is -2.19. The van der Waals surface area contributed by atoms with E-state index >= 15 is 0 Å². The molecule has 1 aromatic rings. The number of benzene rings is 1. The third kappa shape index (κ3) is 9.08. The van der Waals surface area contributed by atoms with Gasteiger partial charge in [0, 0.05) is 32.7 Å². The van der Waals surface area contributed by atoms with E-state index in [1.807, 2.05) is 40.7 Å². The maximum Gasteiger partial charge on any atom is 0.244 e. The van der Waals surface area contributed by atoms with Gasteiger partial charge in [-0.3, -0.25) is 9.59 Å². The molecule has 35 heavy (non-hydrogen) atoms. The monoisotopic (exact) mass is 503 g/mol. The maximum absolute atomic E-state index is 13.3. The predicted molar refractivity (Wildman–Crippen MR) is 147 cm³/mol. The molecule has 0 bridgehead atoms. The molecule has 2 amide bonds. The highest BCUT2D eigenvalue weighted by Crippen LogP contribution is 2.22. The van der Waals surface area contributed by atoms with Crippen LogP contribution in [0.15, 0.2) is 30.3 Å². The number of likely N-dealkylation sites (N-methyl/N-ethyl adjacent to an activating group) is 1. The van der Waals surface area contributed by atoms with Crippen molar-refractivity contribution in [2.24, 2.45) is 11.3 Å². The summed E-state index contributed by atoms with van der Waals surface area (Å²) in [4.78, 5) is 27.5. The second kappa shape index (κ2) is 13.2. The van der Waals surface area contributed by atoms with Gasteiger partial charge in [-0.05, 0) is 42.0 Å². The largest absolute Gasteiger partial charge is 0.358 e.